The van der Waals surface area contributed by atoms with Crippen LogP contribution in [-0.4, -0.2) is 29.3 Å². The topological polar surface area (TPSA) is 69.4 Å². The number of rotatable bonds is 3. The van der Waals surface area contributed by atoms with Crippen LogP contribution in [0, 0.1) is 25.2 Å². The third-order valence-electron chi connectivity index (χ3n) is 6.08. The maximum atomic E-state index is 11.4. The predicted octanol–water partition coefficient (Wildman–Crippen LogP) is 3.60. The van der Waals surface area contributed by atoms with E-state index >= 15 is 0 Å². The highest BCUT2D eigenvalue weighted by Crippen LogP contribution is 2.48. The van der Waals surface area contributed by atoms with E-state index in [1.54, 1.807) is 7.11 Å². The number of anilines is 1. The zero-order valence-corrected chi connectivity index (χ0v) is 16.1. The molecule has 0 aliphatic carbocycles. The lowest BCUT2D eigenvalue weighted by Crippen LogP contribution is -2.50. The second kappa shape index (κ2) is 6.54. The molecule has 1 aromatic heterocycles. The number of aryl methyl sites for hydroxylation is 2. The van der Waals surface area contributed by atoms with E-state index in [2.05, 4.69) is 11.0 Å². The Labute approximate surface area is 160 Å². The molecule has 4 rings (SSSR count). The van der Waals surface area contributed by atoms with E-state index < -0.39 is 5.60 Å². The summed E-state index contributed by atoms with van der Waals surface area (Å²) >= 11 is 0. The molecule has 0 saturated carbocycles. The fourth-order valence-corrected chi connectivity index (χ4v) is 4.85. The maximum absolute atomic E-state index is 11.4. The Morgan fingerprint density at radius 1 is 1.19 bits per heavy atom. The number of benzene rings is 1. The molecule has 2 aromatic rings. The molecular weight excluding hydrogens is 338 g/mol. The minimum absolute atomic E-state index is 0.191. The van der Waals surface area contributed by atoms with Crippen LogP contribution in [0.3, 0.4) is 0 Å². The second-order valence-electron chi connectivity index (χ2n) is 7.85. The summed E-state index contributed by atoms with van der Waals surface area (Å²) in [6.07, 6.45) is 3.33. The van der Waals surface area contributed by atoms with Gasteiger partial charge in [0.05, 0.1) is 18.3 Å². The molecule has 2 bridgehead atoms. The molecule has 2 saturated heterocycles. The van der Waals surface area contributed by atoms with Crippen LogP contribution < -0.4 is 9.64 Å². The minimum atomic E-state index is -0.847. The molecule has 2 aliphatic rings. The van der Waals surface area contributed by atoms with Crippen molar-refractivity contribution >= 4 is 5.82 Å². The fourth-order valence-electron chi connectivity index (χ4n) is 4.85. The van der Waals surface area contributed by atoms with Crippen LogP contribution in [-0.2, 0) is 5.60 Å². The quantitative estimate of drug-likeness (QED) is 0.902. The first-order chi connectivity index (χ1) is 12.9. The lowest BCUT2D eigenvalue weighted by molar-refractivity contribution is -0.00323. The third kappa shape index (κ3) is 2.94. The summed E-state index contributed by atoms with van der Waals surface area (Å²) in [5, 5.41) is 21.1. The van der Waals surface area contributed by atoms with Crippen LogP contribution >= 0.6 is 0 Å². The molecule has 5 heteroatoms. The van der Waals surface area contributed by atoms with Crippen molar-refractivity contribution < 1.29 is 9.84 Å². The highest BCUT2D eigenvalue weighted by Gasteiger charge is 2.49. The monoisotopic (exact) mass is 363 g/mol. The van der Waals surface area contributed by atoms with Crippen molar-refractivity contribution in [1.29, 1.82) is 5.26 Å². The van der Waals surface area contributed by atoms with E-state index in [-0.39, 0.29) is 12.1 Å². The first kappa shape index (κ1) is 17.8. The fraction of sp³-hybridized carbons (Fsp3) is 0.455. The number of aromatic nitrogens is 1. The normalized spacial score (nSPS) is 26.7. The molecule has 1 aromatic carbocycles. The number of hydrogen-bond donors (Lipinski definition) is 1. The van der Waals surface area contributed by atoms with Crippen LogP contribution in [0.15, 0.2) is 30.3 Å². The standard InChI is InChI=1S/C22H25N3O2/c1-14-10-15(2)24-21(20(14)13-23)25-17-6-7-18(25)12-22(26,11-17)16-4-8-19(27-3)9-5-16/h4-5,8-10,17-18,26H,6-7,11-12H2,1-3H3/t17-,18+,22?. The Bertz CT molecular complexity index is 887. The zero-order valence-electron chi connectivity index (χ0n) is 16.1. The van der Waals surface area contributed by atoms with Crippen molar-refractivity contribution in [3.63, 3.8) is 0 Å². The number of hydrogen-bond acceptors (Lipinski definition) is 5. The Hall–Kier alpha value is -2.58. The summed E-state index contributed by atoms with van der Waals surface area (Å²) in [6, 6.07) is 12.4. The van der Waals surface area contributed by atoms with Gasteiger partial charge in [0.25, 0.3) is 0 Å². The van der Waals surface area contributed by atoms with Crippen molar-refractivity contribution in [2.75, 3.05) is 12.0 Å². The largest absolute Gasteiger partial charge is 0.497 e. The molecule has 140 valence electrons. The lowest BCUT2D eigenvalue weighted by Gasteiger charge is -2.45. The molecule has 0 spiro atoms. The molecule has 27 heavy (non-hydrogen) atoms. The summed E-state index contributed by atoms with van der Waals surface area (Å²) in [6.45, 7) is 3.94. The number of piperidine rings is 1. The van der Waals surface area contributed by atoms with Crippen molar-refractivity contribution in [2.24, 2.45) is 0 Å². The number of methoxy groups -OCH3 is 1. The van der Waals surface area contributed by atoms with E-state index in [4.69, 9.17) is 9.72 Å². The Morgan fingerprint density at radius 2 is 1.81 bits per heavy atom. The summed E-state index contributed by atoms with van der Waals surface area (Å²) < 4.78 is 5.24. The van der Waals surface area contributed by atoms with Crippen LogP contribution in [0.2, 0.25) is 0 Å². The van der Waals surface area contributed by atoms with Crippen molar-refractivity contribution in [3.8, 4) is 11.8 Å². The minimum Gasteiger partial charge on any atom is -0.497 e. The molecule has 1 unspecified atom stereocenters. The first-order valence-electron chi connectivity index (χ1n) is 9.49. The molecule has 3 heterocycles. The van der Waals surface area contributed by atoms with Crippen LogP contribution in [0.5, 0.6) is 5.75 Å². The van der Waals surface area contributed by atoms with E-state index in [1.165, 1.54) is 0 Å². The van der Waals surface area contributed by atoms with Crippen molar-refractivity contribution in [1.82, 2.24) is 4.98 Å². The van der Waals surface area contributed by atoms with Crippen molar-refractivity contribution in [2.45, 2.75) is 57.2 Å². The third-order valence-corrected chi connectivity index (χ3v) is 6.08. The average molecular weight is 363 g/mol. The first-order valence-corrected chi connectivity index (χ1v) is 9.49. The molecule has 1 N–H and O–H groups in total. The smallest absolute Gasteiger partial charge is 0.147 e. The number of nitrogens with zero attached hydrogens (tertiary/aromatic N) is 3. The molecule has 2 fully saturated rings. The summed E-state index contributed by atoms with van der Waals surface area (Å²) in [4.78, 5) is 7.02. The SMILES string of the molecule is COc1ccc(C2(O)C[C@H]3CC[C@@H](C2)N3c2nc(C)cc(C)c2C#N)cc1. The molecule has 3 atom stereocenters. The second-order valence-corrected chi connectivity index (χ2v) is 7.85. The van der Waals surface area contributed by atoms with Gasteiger partial charge in [-0.05, 0) is 56.0 Å². The summed E-state index contributed by atoms with van der Waals surface area (Å²) in [5.74, 6) is 1.58. The van der Waals surface area contributed by atoms with Crippen molar-refractivity contribution in [3.05, 3.63) is 52.7 Å². The Kier molecular flexibility index (Phi) is 4.32. The van der Waals surface area contributed by atoms with E-state index in [0.717, 1.165) is 41.2 Å². The number of aliphatic hydroxyl groups is 1. The highest BCUT2D eigenvalue weighted by atomic mass is 16.5. The van der Waals surface area contributed by atoms with E-state index in [1.807, 2.05) is 44.2 Å². The van der Waals surface area contributed by atoms with Gasteiger partial charge in [-0.25, -0.2) is 4.98 Å². The molecular formula is C22H25N3O2. The molecule has 5 nitrogen and oxygen atoms in total. The molecule has 2 aliphatic heterocycles. The van der Waals surface area contributed by atoms with E-state index in [0.29, 0.717) is 18.4 Å². The number of fused-ring (bicyclic) bond motifs is 2. The zero-order chi connectivity index (χ0) is 19.2. The van der Waals surface area contributed by atoms with Gasteiger partial charge in [0.1, 0.15) is 17.6 Å². The molecule has 0 radical (unpaired) electrons. The van der Waals surface area contributed by atoms with Gasteiger partial charge in [-0.15, -0.1) is 0 Å². The Morgan fingerprint density at radius 3 is 2.37 bits per heavy atom. The van der Waals surface area contributed by atoms with Crippen LogP contribution in [0.1, 0.15) is 48.1 Å². The summed E-state index contributed by atoms with van der Waals surface area (Å²) in [7, 11) is 1.64. The Balaban J connectivity index is 1.68. The van der Waals surface area contributed by atoms with E-state index in [9.17, 15) is 10.4 Å². The van der Waals surface area contributed by atoms with Gasteiger partial charge >= 0.3 is 0 Å². The molecule has 0 amide bonds. The van der Waals surface area contributed by atoms with Gasteiger partial charge in [-0.2, -0.15) is 5.26 Å². The average Bonchev–Trinajstić information content (AvgIpc) is 2.93. The highest BCUT2D eigenvalue weighted by molar-refractivity contribution is 5.60. The summed E-state index contributed by atoms with van der Waals surface area (Å²) in [5.41, 5.74) is 2.65. The maximum Gasteiger partial charge on any atom is 0.147 e. The van der Waals surface area contributed by atoms with Crippen LogP contribution in [0.25, 0.3) is 0 Å². The number of pyridine rings is 1. The predicted molar refractivity (Wildman–Crippen MR) is 104 cm³/mol. The van der Waals surface area contributed by atoms with Crippen LogP contribution in [0.4, 0.5) is 5.82 Å². The van der Waals surface area contributed by atoms with Gasteiger partial charge in [0.15, 0.2) is 0 Å². The number of ether oxygens (including phenoxy) is 1. The van der Waals surface area contributed by atoms with Gasteiger partial charge in [-0.1, -0.05) is 12.1 Å². The van der Waals surface area contributed by atoms with Gasteiger partial charge in [0, 0.05) is 30.6 Å². The van der Waals surface area contributed by atoms with Gasteiger partial charge in [0.2, 0.25) is 0 Å². The van der Waals surface area contributed by atoms with Gasteiger partial charge in [-0.3, -0.25) is 0 Å². The lowest BCUT2D eigenvalue weighted by atomic mass is 9.80. The van der Waals surface area contributed by atoms with Gasteiger partial charge < -0.3 is 14.7 Å². The number of nitriles is 1.